The Labute approximate surface area is 92.7 Å². The maximum Gasteiger partial charge on any atom is 0.0998 e. The molecular weight excluding hydrogens is 198 g/mol. The van der Waals surface area contributed by atoms with E-state index >= 15 is 0 Å². The molecule has 0 aromatic heterocycles. The SMILES string of the molecule is N#Cc1ccc2c(C#N)cc(C#N)c-2cc1. The van der Waals surface area contributed by atoms with Gasteiger partial charge in [0.2, 0.25) is 0 Å². The highest BCUT2D eigenvalue weighted by Crippen LogP contribution is 2.30. The Bertz CT molecular complexity index is 602. The van der Waals surface area contributed by atoms with E-state index < -0.39 is 0 Å². The van der Waals surface area contributed by atoms with Crippen molar-refractivity contribution < 1.29 is 0 Å². The van der Waals surface area contributed by atoms with E-state index in [-0.39, 0.29) is 0 Å². The van der Waals surface area contributed by atoms with E-state index in [4.69, 9.17) is 15.8 Å². The van der Waals surface area contributed by atoms with Crippen molar-refractivity contribution in [3.8, 4) is 29.3 Å². The summed E-state index contributed by atoms with van der Waals surface area (Å²) in [5.41, 5.74) is 2.85. The first-order chi connectivity index (χ1) is 7.80. The summed E-state index contributed by atoms with van der Waals surface area (Å²) in [6.07, 6.45) is 0. The van der Waals surface area contributed by atoms with Crippen LogP contribution in [0.25, 0.3) is 11.1 Å². The number of nitriles is 3. The molecular formula is C13H5N3. The van der Waals surface area contributed by atoms with E-state index in [1.54, 1.807) is 30.3 Å². The standard InChI is InChI=1S/C13H5N3/c14-6-9-1-3-12-10(7-15)5-11(8-16)13(12)4-2-9/h1-5H. The van der Waals surface area contributed by atoms with Gasteiger partial charge in [0.25, 0.3) is 0 Å². The van der Waals surface area contributed by atoms with Crippen LogP contribution in [0.4, 0.5) is 0 Å². The summed E-state index contributed by atoms with van der Waals surface area (Å²) in [5, 5.41) is 26.6. The molecule has 0 aromatic carbocycles. The third-order valence-electron chi connectivity index (χ3n) is 2.39. The lowest BCUT2D eigenvalue weighted by Crippen LogP contribution is -1.72. The van der Waals surface area contributed by atoms with Gasteiger partial charge in [0.05, 0.1) is 34.9 Å². The van der Waals surface area contributed by atoms with Crippen LogP contribution in [0.5, 0.6) is 0 Å². The van der Waals surface area contributed by atoms with Crippen molar-refractivity contribution in [2.24, 2.45) is 0 Å². The number of hydrogen-bond acceptors (Lipinski definition) is 3. The lowest BCUT2D eigenvalue weighted by molar-refractivity contribution is 1.49. The van der Waals surface area contributed by atoms with Gasteiger partial charge in [-0.05, 0) is 18.2 Å². The quantitative estimate of drug-likeness (QED) is 0.660. The van der Waals surface area contributed by atoms with Crippen molar-refractivity contribution in [2.45, 2.75) is 0 Å². The number of nitrogens with zero attached hydrogens (tertiary/aromatic N) is 3. The third kappa shape index (κ3) is 1.36. The minimum atomic E-state index is 0.464. The van der Waals surface area contributed by atoms with E-state index in [0.717, 1.165) is 0 Å². The van der Waals surface area contributed by atoms with Gasteiger partial charge in [0.1, 0.15) is 0 Å². The Morgan fingerprint density at radius 1 is 0.688 bits per heavy atom. The van der Waals surface area contributed by atoms with Gasteiger partial charge in [-0.25, -0.2) is 0 Å². The molecule has 0 saturated carbocycles. The van der Waals surface area contributed by atoms with E-state index in [0.29, 0.717) is 27.8 Å². The topological polar surface area (TPSA) is 71.4 Å². The van der Waals surface area contributed by atoms with Crippen molar-refractivity contribution >= 4 is 0 Å². The zero-order valence-corrected chi connectivity index (χ0v) is 8.23. The Balaban J connectivity index is 2.82. The largest absolute Gasteiger partial charge is 0.192 e. The van der Waals surface area contributed by atoms with Gasteiger partial charge in [0.15, 0.2) is 0 Å². The number of rotatable bonds is 0. The van der Waals surface area contributed by atoms with Crippen molar-refractivity contribution in [1.29, 1.82) is 15.8 Å². The summed E-state index contributed by atoms with van der Waals surface area (Å²) in [6, 6.07) is 14.4. The van der Waals surface area contributed by atoms with E-state index in [1.807, 2.05) is 18.2 Å². The van der Waals surface area contributed by atoms with Crippen LogP contribution in [0.1, 0.15) is 16.7 Å². The average Bonchev–Trinajstić information content (AvgIpc) is 2.52. The van der Waals surface area contributed by atoms with Crippen molar-refractivity contribution in [1.82, 2.24) is 0 Å². The van der Waals surface area contributed by atoms with Crippen LogP contribution in [0, 0.1) is 34.0 Å². The Hall–Kier alpha value is -2.83. The van der Waals surface area contributed by atoms with E-state index in [2.05, 4.69) is 0 Å². The molecule has 3 nitrogen and oxygen atoms in total. The monoisotopic (exact) mass is 203 g/mol. The molecule has 0 atom stereocenters. The highest BCUT2D eigenvalue weighted by atomic mass is 14.3. The molecule has 3 heteroatoms. The lowest BCUT2D eigenvalue weighted by atomic mass is 10.1. The first-order valence-corrected chi connectivity index (χ1v) is 4.57. The summed E-state index contributed by atoms with van der Waals surface area (Å²) < 4.78 is 0. The normalized spacial score (nSPS) is 9.06. The molecule has 2 aliphatic rings. The molecule has 0 unspecified atom stereocenters. The first-order valence-electron chi connectivity index (χ1n) is 4.57. The predicted molar refractivity (Wildman–Crippen MR) is 57.2 cm³/mol. The highest BCUT2D eigenvalue weighted by Gasteiger charge is 2.14. The molecule has 16 heavy (non-hydrogen) atoms. The molecule has 0 heterocycles. The van der Waals surface area contributed by atoms with Crippen LogP contribution in [-0.4, -0.2) is 0 Å². The van der Waals surface area contributed by atoms with Gasteiger partial charge >= 0.3 is 0 Å². The van der Waals surface area contributed by atoms with E-state index in [9.17, 15) is 0 Å². The third-order valence-corrected chi connectivity index (χ3v) is 2.39. The molecule has 0 amide bonds. The predicted octanol–water partition coefficient (Wildman–Crippen LogP) is 2.41. The minimum absolute atomic E-state index is 0.464. The molecule has 0 aliphatic heterocycles. The van der Waals surface area contributed by atoms with Crippen molar-refractivity contribution in [3.05, 3.63) is 47.0 Å². The molecule has 0 aromatic rings. The second-order valence-electron chi connectivity index (χ2n) is 3.26. The van der Waals surface area contributed by atoms with Gasteiger partial charge in [-0.1, -0.05) is 12.1 Å². The van der Waals surface area contributed by atoms with Crippen LogP contribution in [0.3, 0.4) is 0 Å². The molecule has 0 fully saturated rings. The molecule has 2 aliphatic carbocycles. The second kappa shape index (κ2) is 3.73. The van der Waals surface area contributed by atoms with Crippen LogP contribution in [0.2, 0.25) is 0 Å². The molecule has 0 bridgehead atoms. The fourth-order valence-electron chi connectivity index (χ4n) is 1.61. The van der Waals surface area contributed by atoms with Gasteiger partial charge in [0, 0.05) is 11.1 Å². The van der Waals surface area contributed by atoms with E-state index in [1.165, 1.54) is 0 Å². The van der Waals surface area contributed by atoms with Crippen LogP contribution >= 0.6 is 0 Å². The zero-order valence-electron chi connectivity index (χ0n) is 8.23. The molecule has 0 N–H and O–H groups in total. The highest BCUT2D eigenvalue weighted by molar-refractivity contribution is 5.80. The minimum Gasteiger partial charge on any atom is -0.192 e. The number of hydrogen-bond donors (Lipinski definition) is 0. The van der Waals surface area contributed by atoms with Gasteiger partial charge in [-0.2, -0.15) is 15.8 Å². The fourth-order valence-corrected chi connectivity index (χ4v) is 1.61. The Morgan fingerprint density at radius 2 is 1.19 bits per heavy atom. The zero-order chi connectivity index (χ0) is 11.5. The Morgan fingerprint density at radius 3 is 1.56 bits per heavy atom. The molecule has 2 rings (SSSR count). The maximum absolute atomic E-state index is 8.93. The van der Waals surface area contributed by atoms with Crippen LogP contribution in [0.15, 0.2) is 30.3 Å². The lowest BCUT2D eigenvalue weighted by Gasteiger charge is -1.91. The second-order valence-corrected chi connectivity index (χ2v) is 3.26. The average molecular weight is 203 g/mol. The first kappa shape index (κ1) is 9.71. The van der Waals surface area contributed by atoms with Gasteiger partial charge in [-0.15, -0.1) is 0 Å². The van der Waals surface area contributed by atoms with Crippen LogP contribution in [-0.2, 0) is 0 Å². The summed E-state index contributed by atoms with van der Waals surface area (Å²) >= 11 is 0. The maximum atomic E-state index is 8.93. The van der Waals surface area contributed by atoms with Gasteiger partial charge < -0.3 is 0 Å². The molecule has 0 spiro atoms. The summed E-state index contributed by atoms with van der Waals surface area (Å²) in [6.45, 7) is 0. The summed E-state index contributed by atoms with van der Waals surface area (Å²) in [4.78, 5) is 0. The van der Waals surface area contributed by atoms with Gasteiger partial charge in [-0.3, -0.25) is 0 Å². The van der Waals surface area contributed by atoms with Crippen molar-refractivity contribution in [3.63, 3.8) is 0 Å². The van der Waals surface area contributed by atoms with Crippen molar-refractivity contribution in [2.75, 3.05) is 0 Å². The number of fused-ring (bicyclic) bond motifs is 1. The molecule has 0 radical (unpaired) electrons. The fraction of sp³-hybridized carbons (Fsp3) is 0. The Kier molecular flexibility index (Phi) is 2.27. The summed E-state index contributed by atoms with van der Waals surface area (Å²) in [7, 11) is 0. The summed E-state index contributed by atoms with van der Waals surface area (Å²) in [5.74, 6) is 0. The van der Waals surface area contributed by atoms with Crippen LogP contribution < -0.4 is 0 Å². The molecule has 72 valence electrons. The molecule has 0 saturated heterocycles. The smallest absolute Gasteiger partial charge is 0.0998 e.